The second kappa shape index (κ2) is 10.8. The minimum absolute atomic E-state index is 0.0300. The van der Waals surface area contributed by atoms with Gasteiger partial charge in [0.25, 0.3) is 0 Å². The smallest absolute Gasteiger partial charge is 0.303 e. The van der Waals surface area contributed by atoms with Crippen molar-refractivity contribution in [2.24, 2.45) is 23.7 Å². The Morgan fingerprint density at radius 3 is 2.63 bits per heavy atom. The van der Waals surface area contributed by atoms with Crippen LogP contribution in [0, 0.1) is 23.7 Å². The summed E-state index contributed by atoms with van der Waals surface area (Å²) in [6, 6.07) is 0. The third kappa shape index (κ3) is 5.66. The van der Waals surface area contributed by atoms with Crippen LogP contribution in [-0.4, -0.2) is 37.5 Å². The lowest BCUT2D eigenvalue weighted by molar-refractivity contribution is -0.137. The van der Waals surface area contributed by atoms with Crippen LogP contribution in [0.5, 0.6) is 0 Å². The SMILES string of the molecule is COC1C=CC(C2C=C(C)C(C3C=C(Cl)C(OC)CC3)=CCC2)C(CCC(=O)O)C1. The Morgan fingerprint density at radius 2 is 1.97 bits per heavy atom. The van der Waals surface area contributed by atoms with Crippen molar-refractivity contribution in [3.8, 4) is 0 Å². The molecule has 0 saturated carbocycles. The molecule has 0 aromatic heterocycles. The minimum atomic E-state index is -0.718. The summed E-state index contributed by atoms with van der Waals surface area (Å²) in [5, 5.41) is 10.0. The number of aliphatic carboxylic acids is 1. The Labute approximate surface area is 185 Å². The average Bonchev–Trinajstić information content (AvgIpc) is 2.93. The molecule has 0 spiro atoms. The number of ether oxygens (including phenoxy) is 2. The quantitative estimate of drug-likeness (QED) is 0.507. The molecule has 5 heteroatoms. The molecule has 30 heavy (non-hydrogen) atoms. The number of rotatable bonds is 7. The summed E-state index contributed by atoms with van der Waals surface area (Å²) in [5.74, 6) is 0.743. The summed E-state index contributed by atoms with van der Waals surface area (Å²) in [7, 11) is 3.45. The number of halogens is 1. The first kappa shape index (κ1) is 23.3. The Bertz CT molecular complexity index is 735. The zero-order valence-corrected chi connectivity index (χ0v) is 19.1. The minimum Gasteiger partial charge on any atom is -0.481 e. The van der Waals surface area contributed by atoms with Crippen molar-refractivity contribution in [3.63, 3.8) is 0 Å². The molecular formula is C25H35ClO4. The lowest BCUT2D eigenvalue weighted by Crippen LogP contribution is -2.29. The second-order valence-electron chi connectivity index (χ2n) is 8.87. The Kier molecular flexibility index (Phi) is 8.38. The number of hydrogen-bond donors (Lipinski definition) is 1. The molecule has 0 fully saturated rings. The molecule has 0 aliphatic heterocycles. The highest BCUT2D eigenvalue weighted by Gasteiger charge is 2.33. The third-order valence-corrected chi connectivity index (χ3v) is 7.40. The van der Waals surface area contributed by atoms with Gasteiger partial charge in [0.05, 0.1) is 12.2 Å². The van der Waals surface area contributed by atoms with E-state index in [1.165, 1.54) is 11.1 Å². The summed E-state index contributed by atoms with van der Waals surface area (Å²) < 4.78 is 11.0. The summed E-state index contributed by atoms with van der Waals surface area (Å²) in [5.41, 5.74) is 2.72. The van der Waals surface area contributed by atoms with E-state index in [1.54, 1.807) is 14.2 Å². The molecule has 0 saturated heterocycles. The molecule has 6 atom stereocenters. The molecule has 3 aliphatic carbocycles. The zero-order chi connectivity index (χ0) is 21.7. The maximum Gasteiger partial charge on any atom is 0.303 e. The zero-order valence-electron chi connectivity index (χ0n) is 18.4. The van der Waals surface area contributed by atoms with E-state index in [-0.39, 0.29) is 18.6 Å². The van der Waals surface area contributed by atoms with Gasteiger partial charge in [-0.3, -0.25) is 4.79 Å². The lowest BCUT2D eigenvalue weighted by atomic mass is 9.71. The van der Waals surface area contributed by atoms with Gasteiger partial charge in [-0.2, -0.15) is 0 Å². The Hall–Kier alpha value is -1.36. The maximum atomic E-state index is 11.2. The van der Waals surface area contributed by atoms with Gasteiger partial charge in [-0.15, -0.1) is 0 Å². The van der Waals surface area contributed by atoms with Gasteiger partial charge < -0.3 is 14.6 Å². The van der Waals surface area contributed by atoms with Gasteiger partial charge in [-0.05, 0) is 68.8 Å². The first-order chi connectivity index (χ1) is 14.4. The van der Waals surface area contributed by atoms with Gasteiger partial charge >= 0.3 is 5.97 Å². The maximum absolute atomic E-state index is 11.2. The number of carbonyl (C=O) groups is 1. The van der Waals surface area contributed by atoms with Crippen molar-refractivity contribution in [2.45, 2.75) is 64.1 Å². The second-order valence-corrected chi connectivity index (χ2v) is 9.31. The fourth-order valence-corrected chi connectivity index (χ4v) is 5.75. The van der Waals surface area contributed by atoms with Gasteiger partial charge in [0, 0.05) is 31.6 Å². The first-order valence-electron chi connectivity index (χ1n) is 11.1. The summed E-state index contributed by atoms with van der Waals surface area (Å²) in [4.78, 5) is 11.2. The molecule has 0 aromatic carbocycles. The highest BCUT2D eigenvalue weighted by molar-refractivity contribution is 6.30. The van der Waals surface area contributed by atoms with Crippen molar-refractivity contribution in [3.05, 3.63) is 46.6 Å². The molecule has 4 nitrogen and oxygen atoms in total. The van der Waals surface area contributed by atoms with Crippen molar-refractivity contribution < 1.29 is 19.4 Å². The van der Waals surface area contributed by atoms with E-state index in [1.807, 2.05) is 0 Å². The average molecular weight is 435 g/mol. The molecule has 0 bridgehead atoms. The van der Waals surface area contributed by atoms with Crippen LogP contribution in [0.15, 0.2) is 46.6 Å². The Morgan fingerprint density at radius 1 is 1.17 bits per heavy atom. The summed E-state index contributed by atoms with van der Waals surface area (Å²) >= 11 is 6.46. The Balaban J connectivity index is 1.77. The van der Waals surface area contributed by atoms with Crippen LogP contribution in [0.4, 0.5) is 0 Å². The van der Waals surface area contributed by atoms with Crippen LogP contribution < -0.4 is 0 Å². The van der Waals surface area contributed by atoms with E-state index < -0.39 is 5.97 Å². The number of hydrogen-bond acceptors (Lipinski definition) is 3. The molecule has 0 radical (unpaired) electrons. The van der Waals surface area contributed by atoms with Crippen LogP contribution in [-0.2, 0) is 14.3 Å². The highest BCUT2D eigenvalue weighted by Crippen LogP contribution is 2.42. The fourth-order valence-electron chi connectivity index (χ4n) is 5.40. The van der Waals surface area contributed by atoms with Crippen molar-refractivity contribution in [2.75, 3.05) is 14.2 Å². The van der Waals surface area contributed by atoms with Crippen molar-refractivity contribution in [1.29, 1.82) is 0 Å². The molecule has 0 heterocycles. The molecule has 3 rings (SSSR count). The van der Waals surface area contributed by atoms with E-state index in [9.17, 15) is 9.90 Å². The predicted octanol–water partition coefficient (Wildman–Crippen LogP) is 5.89. The summed E-state index contributed by atoms with van der Waals surface area (Å²) in [6.07, 6.45) is 17.5. The van der Waals surface area contributed by atoms with Crippen LogP contribution in [0.25, 0.3) is 0 Å². The van der Waals surface area contributed by atoms with Gasteiger partial charge in [-0.1, -0.05) is 47.6 Å². The van der Waals surface area contributed by atoms with Gasteiger partial charge in [-0.25, -0.2) is 0 Å². The normalized spacial score (nSPS) is 34.6. The molecule has 0 amide bonds. The molecule has 3 aliphatic rings. The monoisotopic (exact) mass is 434 g/mol. The van der Waals surface area contributed by atoms with Gasteiger partial charge in [0.15, 0.2) is 0 Å². The van der Waals surface area contributed by atoms with Crippen molar-refractivity contribution in [1.82, 2.24) is 0 Å². The standard InChI is InChI=1S/C25H35ClO4/c1-16-13-17(22-10-9-20(29-2)14-18(22)8-12-25(27)28)5-4-6-21(16)19-7-11-24(30-3)23(26)15-19/h6,9-10,13,15,17-20,22,24H,4-5,7-8,11-12,14H2,1-3H3,(H,27,28). The highest BCUT2D eigenvalue weighted by atomic mass is 35.5. The fraction of sp³-hybridized carbons (Fsp3) is 0.640. The predicted molar refractivity (Wildman–Crippen MR) is 120 cm³/mol. The van der Waals surface area contributed by atoms with Crippen molar-refractivity contribution >= 4 is 17.6 Å². The van der Waals surface area contributed by atoms with Gasteiger partial charge in [0.1, 0.15) is 0 Å². The first-order valence-corrected chi connectivity index (χ1v) is 11.5. The lowest BCUT2D eigenvalue weighted by Gasteiger charge is -2.35. The molecular weight excluding hydrogens is 400 g/mol. The molecule has 0 aromatic rings. The topological polar surface area (TPSA) is 55.8 Å². The largest absolute Gasteiger partial charge is 0.481 e. The molecule has 1 N–H and O–H groups in total. The van der Waals surface area contributed by atoms with E-state index in [0.717, 1.165) is 37.1 Å². The van der Waals surface area contributed by atoms with Crippen LogP contribution in [0.3, 0.4) is 0 Å². The number of carboxylic acid groups (broad SMARTS) is 1. The summed E-state index contributed by atoms with van der Waals surface area (Å²) in [6.45, 7) is 2.21. The van der Waals surface area contributed by atoms with E-state index in [2.05, 4.69) is 37.3 Å². The van der Waals surface area contributed by atoms with E-state index in [0.29, 0.717) is 30.1 Å². The van der Waals surface area contributed by atoms with Crippen LogP contribution in [0.2, 0.25) is 0 Å². The molecule has 166 valence electrons. The van der Waals surface area contributed by atoms with E-state index in [4.69, 9.17) is 21.1 Å². The van der Waals surface area contributed by atoms with Crippen LogP contribution in [0.1, 0.15) is 51.9 Å². The molecule has 6 unspecified atom stereocenters. The van der Waals surface area contributed by atoms with Gasteiger partial charge in [0.2, 0.25) is 0 Å². The van der Waals surface area contributed by atoms with E-state index >= 15 is 0 Å². The number of carboxylic acids is 1. The van der Waals surface area contributed by atoms with Crippen LogP contribution >= 0.6 is 11.6 Å². The third-order valence-electron chi connectivity index (χ3n) is 7.03. The number of methoxy groups -OCH3 is 2. The number of allylic oxidation sites excluding steroid dienone is 6.